The fraction of sp³-hybridized carbons (Fsp3) is 0.444. The second kappa shape index (κ2) is 10.9. The van der Waals surface area contributed by atoms with Crippen LogP contribution in [0.15, 0.2) is 36.4 Å². The minimum atomic E-state index is 0.0877. The Morgan fingerprint density at radius 2 is 1.86 bits per heavy atom. The number of hydrogen-bond donors (Lipinski definition) is 2. The molecule has 0 spiro atoms. The number of amides is 1. The van der Waals surface area contributed by atoms with E-state index in [-0.39, 0.29) is 5.91 Å². The van der Waals surface area contributed by atoms with Crippen LogP contribution in [0.3, 0.4) is 0 Å². The van der Waals surface area contributed by atoms with Crippen molar-refractivity contribution >= 4 is 17.5 Å². The fourth-order valence-electron chi connectivity index (χ4n) is 4.73. The van der Waals surface area contributed by atoms with Gasteiger partial charge < -0.3 is 24.8 Å². The number of H-pyrrole nitrogens is 1. The molecule has 0 radical (unpaired) electrons. The Labute approximate surface area is 207 Å². The number of likely N-dealkylation sites (N-methyl/N-ethyl adjacent to an activating group) is 1. The Morgan fingerprint density at radius 3 is 2.51 bits per heavy atom. The van der Waals surface area contributed by atoms with Gasteiger partial charge in [0.1, 0.15) is 0 Å². The Kier molecular flexibility index (Phi) is 7.70. The summed E-state index contributed by atoms with van der Waals surface area (Å²) < 4.78 is 5.15. The van der Waals surface area contributed by atoms with E-state index in [1.807, 2.05) is 43.8 Å². The SMILES string of the molecule is CNc1ccc(C2CCN(C(=O)c3cc(-c4nnc(N(C)CCOC)[nH]4)c(C)cc3C)CC2)cc1. The van der Waals surface area contributed by atoms with Gasteiger partial charge in [-0.15, -0.1) is 10.2 Å². The molecule has 8 nitrogen and oxygen atoms in total. The molecule has 2 aromatic carbocycles. The summed E-state index contributed by atoms with van der Waals surface area (Å²) in [6.07, 6.45) is 1.95. The van der Waals surface area contributed by atoms with E-state index in [2.05, 4.69) is 50.8 Å². The number of aromatic amines is 1. The molecule has 1 aliphatic heterocycles. The van der Waals surface area contributed by atoms with Crippen LogP contribution >= 0.6 is 0 Å². The van der Waals surface area contributed by atoms with Crippen molar-refractivity contribution in [2.24, 2.45) is 0 Å². The summed E-state index contributed by atoms with van der Waals surface area (Å²) in [7, 11) is 5.55. The summed E-state index contributed by atoms with van der Waals surface area (Å²) in [5.74, 6) is 1.92. The maximum atomic E-state index is 13.5. The molecule has 1 fully saturated rings. The van der Waals surface area contributed by atoms with E-state index >= 15 is 0 Å². The smallest absolute Gasteiger partial charge is 0.254 e. The van der Waals surface area contributed by atoms with Gasteiger partial charge in [0, 0.05) is 57.7 Å². The molecule has 2 heterocycles. The molecule has 8 heteroatoms. The molecule has 35 heavy (non-hydrogen) atoms. The molecular formula is C27H36N6O2. The van der Waals surface area contributed by atoms with Crippen molar-refractivity contribution in [2.75, 3.05) is 57.7 Å². The van der Waals surface area contributed by atoms with Gasteiger partial charge in [0.15, 0.2) is 5.82 Å². The summed E-state index contributed by atoms with van der Waals surface area (Å²) >= 11 is 0. The highest BCUT2D eigenvalue weighted by atomic mass is 16.5. The van der Waals surface area contributed by atoms with Crippen molar-refractivity contribution in [3.63, 3.8) is 0 Å². The molecule has 1 aromatic heterocycles. The standard InChI is InChI=1S/C27H36N6O2/c1-18-16-19(2)24(17-23(18)25-29-27(31-30-25)32(4)14-15-35-5)26(34)33-12-10-21(11-13-33)20-6-8-22(28-3)9-7-20/h6-9,16-17,21,28H,10-15H2,1-5H3,(H,29,30,31). The van der Waals surface area contributed by atoms with Gasteiger partial charge in [0.2, 0.25) is 5.95 Å². The predicted octanol–water partition coefficient (Wildman–Crippen LogP) is 4.23. The molecule has 186 valence electrons. The molecule has 2 N–H and O–H groups in total. The van der Waals surface area contributed by atoms with Crippen LogP contribution in [0.5, 0.6) is 0 Å². The zero-order chi connectivity index (χ0) is 24.9. The molecular weight excluding hydrogens is 440 g/mol. The van der Waals surface area contributed by atoms with E-state index in [0.29, 0.717) is 30.8 Å². The number of ether oxygens (including phenoxy) is 1. The average Bonchev–Trinajstić information content (AvgIpc) is 3.37. The highest BCUT2D eigenvalue weighted by Gasteiger charge is 2.26. The van der Waals surface area contributed by atoms with Crippen LogP contribution in [0.25, 0.3) is 11.4 Å². The number of hydrogen-bond acceptors (Lipinski definition) is 6. The minimum absolute atomic E-state index is 0.0877. The number of likely N-dealkylation sites (tertiary alicyclic amines) is 1. The first kappa shape index (κ1) is 24.7. The number of anilines is 2. The van der Waals surface area contributed by atoms with E-state index in [4.69, 9.17) is 4.74 Å². The quantitative estimate of drug-likeness (QED) is 0.506. The normalized spacial score (nSPS) is 14.3. The summed E-state index contributed by atoms with van der Waals surface area (Å²) in [5, 5.41) is 11.8. The maximum absolute atomic E-state index is 13.5. The molecule has 1 amide bonds. The number of benzene rings is 2. The number of piperidine rings is 1. The molecule has 0 bridgehead atoms. The molecule has 0 saturated carbocycles. The van der Waals surface area contributed by atoms with Crippen molar-refractivity contribution in [3.8, 4) is 11.4 Å². The lowest BCUT2D eigenvalue weighted by Gasteiger charge is -2.33. The second-order valence-corrected chi connectivity index (χ2v) is 9.33. The van der Waals surface area contributed by atoms with Gasteiger partial charge in [-0.2, -0.15) is 0 Å². The van der Waals surface area contributed by atoms with E-state index in [0.717, 1.165) is 53.9 Å². The monoisotopic (exact) mass is 476 g/mol. The number of carbonyl (C=O) groups is 1. The summed E-state index contributed by atoms with van der Waals surface area (Å²) in [4.78, 5) is 20.8. The topological polar surface area (TPSA) is 86.4 Å². The first-order valence-corrected chi connectivity index (χ1v) is 12.2. The van der Waals surface area contributed by atoms with Crippen LogP contribution in [0.2, 0.25) is 0 Å². The molecule has 0 aliphatic carbocycles. The lowest BCUT2D eigenvalue weighted by atomic mass is 9.89. The lowest BCUT2D eigenvalue weighted by Crippen LogP contribution is -2.38. The van der Waals surface area contributed by atoms with Gasteiger partial charge >= 0.3 is 0 Å². The third-order valence-corrected chi connectivity index (χ3v) is 6.98. The molecule has 4 rings (SSSR count). The van der Waals surface area contributed by atoms with E-state index in [1.165, 1.54) is 5.56 Å². The molecule has 1 saturated heterocycles. The van der Waals surface area contributed by atoms with Crippen molar-refractivity contribution in [1.29, 1.82) is 0 Å². The van der Waals surface area contributed by atoms with E-state index in [9.17, 15) is 4.79 Å². The number of carbonyl (C=O) groups excluding carboxylic acids is 1. The van der Waals surface area contributed by atoms with E-state index < -0.39 is 0 Å². The fourth-order valence-corrected chi connectivity index (χ4v) is 4.73. The second-order valence-electron chi connectivity index (χ2n) is 9.33. The maximum Gasteiger partial charge on any atom is 0.254 e. The van der Waals surface area contributed by atoms with Crippen molar-refractivity contribution in [1.82, 2.24) is 20.1 Å². The van der Waals surface area contributed by atoms with Crippen molar-refractivity contribution in [2.45, 2.75) is 32.6 Å². The number of aromatic nitrogens is 3. The molecule has 0 unspecified atom stereocenters. The predicted molar refractivity (Wildman–Crippen MR) is 140 cm³/mol. The van der Waals surface area contributed by atoms with Crippen LogP contribution in [0, 0.1) is 13.8 Å². The molecule has 1 aliphatic rings. The minimum Gasteiger partial charge on any atom is -0.388 e. The Morgan fingerprint density at radius 1 is 1.14 bits per heavy atom. The Bertz CT molecular complexity index is 1150. The van der Waals surface area contributed by atoms with Gasteiger partial charge in [-0.1, -0.05) is 18.2 Å². The van der Waals surface area contributed by atoms with Crippen LogP contribution in [-0.2, 0) is 4.74 Å². The van der Waals surface area contributed by atoms with Crippen LogP contribution in [-0.4, -0.2) is 73.4 Å². The van der Waals surface area contributed by atoms with Gasteiger partial charge in [0.25, 0.3) is 5.91 Å². The third kappa shape index (κ3) is 5.48. The van der Waals surface area contributed by atoms with E-state index in [1.54, 1.807) is 7.11 Å². The van der Waals surface area contributed by atoms with Crippen molar-refractivity contribution in [3.05, 3.63) is 58.7 Å². The molecule has 3 aromatic rings. The first-order valence-electron chi connectivity index (χ1n) is 12.2. The number of rotatable bonds is 8. The lowest BCUT2D eigenvalue weighted by molar-refractivity contribution is 0.0712. The van der Waals surface area contributed by atoms with Crippen molar-refractivity contribution < 1.29 is 9.53 Å². The van der Waals surface area contributed by atoms with Gasteiger partial charge in [-0.3, -0.25) is 4.79 Å². The summed E-state index contributed by atoms with van der Waals surface area (Å²) in [6.45, 7) is 6.88. The molecule has 0 atom stereocenters. The summed E-state index contributed by atoms with van der Waals surface area (Å²) in [5.41, 5.74) is 6.14. The third-order valence-electron chi connectivity index (χ3n) is 6.98. The van der Waals surface area contributed by atoms with Crippen LogP contribution < -0.4 is 10.2 Å². The van der Waals surface area contributed by atoms with Gasteiger partial charge in [0.05, 0.1) is 6.61 Å². The van der Waals surface area contributed by atoms with Crippen LogP contribution in [0.1, 0.15) is 45.8 Å². The average molecular weight is 477 g/mol. The summed E-state index contributed by atoms with van der Waals surface area (Å²) in [6, 6.07) is 12.7. The zero-order valence-corrected chi connectivity index (χ0v) is 21.4. The largest absolute Gasteiger partial charge is 0.388 e. The highest BCUT2D eigenvalue weighted by molar-refractivity contribution is 5.97. The zero-order valence-electron chi connectivity index (χ0n) is 21.4. The highest BCUT2D eigenvalue weighted by Crippen LogP contribution is 2.31. The van der Waals surface area contributed by atoms with Gasteiger partial charge in [-0.05, 0) is 67.5 Å². The van der Waals surface area contributed by atoms with Crippen LogP contribution in [0.4, 0.5) is 11.6 Å². The Balaban J connectivity index is 1.48. The number of nitrogens with one attached hydrogen (secondary N) is 2. The number of aryl methyl sites for hydroxylation is 2. The number of methoxy groups -OCH3 is 1. The Hall–Kier alpha value is -3.39. The number of nitrogens with zero attached hydrogens (tertiary/aromatic N) is 4. The van der Waals surface area contributed by atoms with Gasteiger partial charge in [-0.25, -0.2) is 0 Å². The first-order chi connectivity index (χ1) is 16.9.